The molecule has 0 spiro atoms. The van der Waals surface area contributed by atoms with E-state index in [1.54, 1.807) is 0 Å². The third-order valence-corrected chi connectivity index (χ3v) is 5.27. The molecule has 1 fully saturated rings. The molecule has 2 atom stereocenters. The molecule has 0 saturated carbocycles. The third-order valence-electron chi connectivity index (χ3n) is 4.92. The molecule has 0 unspecified atom stereocenters. The molecule has 0 bridgehead atoms. The Kier molecular flexibility index (Phi) is 5.39. The van der Waals surface area contributed by atoms with Crippen LogP contribution in [0.2, 0.25) is 0 Å². The monoisotopic (exact) mass is 357 g/mol. The van der Waals surface area contributed by atoms with E-state index in [9.17, 15) is 0 Å². The van der Waals surface area contributed by atoms with Crippen LogP contribution in [0, 0.1) is 6.92 Å². The Labute approximate surface area is 155 Å². The van der Waals surface area contributed by atoms with Gasteiger partial charge in [-0.2, -0.15) is 0 Å². The van der Waals surface area contributed by atoms with Crippen molar-refractivity contribution in [3.05, 3.63) is 53.6 Å². The normalized spacial score (nSPS) is 20.4. The fourth-order valence-electron chi connectivity index (χ4n) is 3.46. The maximum atomic E-state index is 5.69. The van der Waals surface area contributed by atoms with E-state index in [1.165, 1.54) is 11.4 Å². The van der Waals surface area contributed by atoms with Gasteiger partial charge in [0, 0.05) is 31.2 Å². The summed E-state index contributed by atoms with van der Waals surface area (Å²) >= 11 is 5.69. The van der Waals surface area contributed by atoms with Gasteiger partial charge in [0.2, 0.25) is 0 Å². The topological polar surface area (TPSA) is 36.3 Å². The minimum Gasteiger partial charge on any atom is -0.352 e. The van der Waals surface area contributed by atoms with E-state index in [0.717, 1.165) is 30.3 Å². The predicted octanol–water partition coefficient (Wildman–Crippen LogP) is 2.65. The van der Waals surface area contributed by atoms with Gasteiger partial charge in [0.25, 0.3) is 0 Å². The van der Waals surface area contributed by atoms with Gasteiger partial charge in [-0.05, 0) is 70.5 Å². The summed E-state index contributed by atoms with van der Waals surface area (Å²) in [7, 11) is 6.34. The Bertz CT molecular complexity index is 725. The van der Waals surface area contributed by atoms with Crippen LogP contribution in [0.4, 0.5) is 0 Å². The van der Waals surface area contributed by atoms with Gasteiger partial charge in [0.05, 0.1) is 17.8 Å². The van der Waals surface area contributed by atoms with E-state index in [-0.39, 0.29) is 12.1 Å². The number of hydrogen-bond donors (Lipinski definition) is 1. The summed E-state index contributed by atoms with van der Waals surface area (Å²) in [6.45, 7) is 4.12. The van der Waals surface area contributed by atoms with Gasteiger partial charge in [-0.1, -0.05) is 6.07 Å². The maximum Gasteiger partial charge on any atom is 0.170 e. The van der Waals surface area contributed by atoms with Gasteiger partial charge < -0.3 is 19.7 Å². The first-order valence-corrected chi connectivity index (χ1v) is 9.15. The molecule has 25 heavy (non-hydrogen) atoms. The van der Waals surface area contributed by atoms with Gasteiger partial charge in [0.1, 0.15) is 0 Å². The fourth-order valence-corrected chi connectivity index (χ4v) is 3.79. The van der Waals surface area contributed by atoms with Gasteiger partial charge >= 0.3 is 0 Å². The lowest BCUT2D eigenvalue weighted by molar-refractivity contribution is 0.284. The summed E-state index contributed by atoms with van der Waals surface area (Å²) in [5, 5.41) is 4.33. The average molecular weight is 358 g/mol. The number of aryl methyl sites for hydroxylation is 1. The Morgan fingerprint density at radius 3 is 2.64 bits per heavy atom. The average Bonchev–Trinajstić information content (AvgIpc) is 3.09. The Balaban J connectivity index is 1.93. The first-order valence-electron chi connectivity index (χ1n) is 8.74. The van der Waals surface area contributed by atoms with Crippen molar-refractivity contribution in [2.45, 2.75) is 25.4 Å². The molecule has 134 valence electrons. The van der Waals surface area contributed by atoms with Gasteiger partial charge in [-0.3, -0.25) is 4.98 Å². The zero-order valence-corrected chi connectivity index (χ0v) is 16.3. The highest BCUT2D eigenvalue weighted by Gasteiger charge is 2.40. The second-order valence-electron chi connectivity index (χ2n) is 6.94. The van der Waals surface area contributed by atoms with Crippen LogP contribution in [0.5, 0.6) is 0 Å². The van der Waals surface area contributed by atoms with Crippen LogP contribution in [0.1, 0.15) is 35.6 Å². The van der Waals surface area contributed by atoms with Crippen LogP contribution in [-0.4, -0.2) is 51.6 Å². The molecule has 6 heteroatoms. The van der Waals surface area contributed by atoms with E-state index in [4.69, 9.17) is 12.2 Å². The SMILES string of the molecule is Cc1ccc([C@H]2[C@H](c3ccccn3)NC(=S)N2CCCN(C)C)n1C. The number of rotatable bonds is 6. The molecule has 0 radical (unpaired) electrons. The minimum atomic E-state index is 0.0704. The van der Waals surface area contributed by atoms with Crippen molar-refractivity contribution in [3.63, 3.8) is 0 Å². The highest BCUT2D eigenvalue weighted by Crippen LogP contribution is 2.38. The van der Waals surface area contributed by atoms with Crippen LogP contribution in [0.3, 0.4) is 0 Å². The smallest absolute Gasteiger partial charge is 0.170 e. The standard InChI is InChI=1S/C19H27N5S/c1-14-9-10-16(23(14)4)18-17(15-8-5-6-11-20-15)21-19(25)24(18)13-7-12-22(2)3/h5-6,8-11,17-18H,7,12-13H2,1-4H3,(H,21,25)/t17-,18-/m0/s1. The summed E-state index contributed by atoms with van der Waals surface area (Å²) in [6, 6.07) is 10.7. The quantitative estimate of drug-likeness (QED) is 0.805. The lowest BCUT2D eigenvalue weighted by Gasteiger charge is -2.29. The van der Waals surface area contributed by atoms with E-state index in [2.05, 4.69) is 70.9 Å². The van der Waals surface area contributed by atoms with Gasteiger partial charge in [0.15, 0.2) is 5.11 Å². The van der Waals surface area contributed by atoms with Crippen molar-refractivity contribution < 1.29 is 0 Å². The van der Waals surface area contributed by atoms with Crippen LogP contribution in [0.15, 0.2) is 36.5 Å². The Hall–Kier alpha value is -1.92. The molecular formula is C19H27N5S. The molecule has 3 heterocycles. The second-order valence-corrected chi connectivity index (χ2v) is 7.32. The molecule has 1 aliphatic heterocycles. The van der Waals surface area contributed by atoms with Crippen molar-refractivity contribution in [2.24, 2.45) is 7.05 Å². The molecule has 1 aliphatic rings. The first kappa shape index (κ1) is 17.9. The molecule has 2 aromatic rings. The molecule has 1 N–H and O–H groups in total. The molecule has 0 amide bonds. The third kappa shape index (κ3) is 3.70. The van der Waals surface area contributed by atoms with Crippen LogP contribution < -0.4 is 5.32 Å². The summed E-state index contributed by atoms with van der Waals surface area (Å²) in [5.74, 6) is 0. The number of nitrogens with one attached hydrogen (secondary N) is 1. The van der Waals surface area contributed by atoms with E-state index >= 15 is 0 Å². The number of hydrogen-bond acceptors (Lipinski definition) is 3. The summed E-state index contributed by atoms with van der Waals surface area (Å²) in [5.41, 5.74) is 3.55. The maximum absolute atomic E-state index is 5.69. The zero-order chi connectivity index (χ0) is 18.0. The van der Waals surface area contributed by atoms with Crippen molar-refractivity contribution in [2.75, 3.05) is 27.2 Å². The molecule has 3 rings (SSSR count). The number of thiocarbonyl (C=S) groups is 1. The molecule has 1 saturated heterocycles. The minimum absolute atomic E-state index is 0.0704. The lowest BCUT2D eigenvalue weighted by atomic mass is 10.0. The predicted molar refractivity (Wildman–Crippen MR) is 105 cm³/mol. The summed E-state index contributed by atoms with van der Waals surface area (Å²) in [4.78, 5) is 9.12. The van der Waals surface area contributed by atoms with Crippen LogP contribution >= 0.6 is 12.2 Å². The van der Waals surface area contributed by atoms with Crippen molar-refractivity contribution in [1.82, 2.24) is 24.7 Å². The molecule has 0 aromatic carbocycles. The Morgan fingerprint density at radius 1 is 1.24 bits per heavy atom. The lowest BCUT2D eigenvalue weighted by Crippen LogP contribution is -2.33. The summed E-state index contributed by atoms with van der Waals surface area (Å²) in [6.07, 6.45) is 2.92. The first-order chi connectivity index (χ1) is 12.0. The van der Waals surface area contributed by atoms with Crippen LogP contribution in [-0.2, 0) is 7.05 Å². The van der Waals surface area contributed by atoms with Gasteiger partial charge in [-0.15, -0.1) is 0 Å². The number of aromatic nitrogens is 2. The highest BCUT2D eigenvalue weighted by molar-refractivity contribution is 7.80. The van der Waals surface area contributed by atoms with E-state index in [1.807, 2.05) is 18.3 Å². The highest BCUT2D eigenvalue weighted by atomic mass is 32.1. The van der Waals surface area contributed by atoms with Crippen molar-refractivity contribution >= 4 is 17.3 Å². The second kappa shape index (κ2) is 7.54. The zero-order valence-electron chi connectivity index (χ0n) is 15.4. The molecular weight excluding hydrogens is 330 g/mol. The summed E-state index contributed by atoms with van der Waals surface area (Å²) < 4.78 is 2.26. The van der Waals surface area contributed by atoms with E-state index < -0.39 is 0 Å². The Morgan fingerprint density at radius 2 is 2.04 bits per heavy atom. The number of nitrogens with zero attached hydrogens (tertiary/aromatic N) is 4. The van der Waals surface area contributed by atoms with Crippen molar-refractivity contribution in [1.29, 1.82) is 0 Å². The van der Waals surface area contributed by atoms with Gasteiger partial charge in [-0.25, -0.2) is 0 Å². The largest absolute Gasteiger partial charge is 0.352 e. The van der Waals surface area contributed by atoms with Crippen molar-refractivity contribution in [3.8, 4) is 0 Å². The fraction of sp³-hybridized carbons (Fsp3) is 0.474. The molecule has 5 nitrogen and oxygen atoms in total. The molecule has 0 aliphatic carbocycles. The molecule has 2 aromatic heterocycles. The van der Waals surface area contributed by atoms with Crippen LogP contribution in [0.25, 0.3) is 0 Å². The van der Waals surface area contributed by atoms with E-state index in [0.29, 0.717) is 0 Å². The number of pyridine rings is 1.